The van der Waals surface area contributed by atoms with Crippen molar-refractivity contribution in [2.75, 3.05) is 13.1 Å². The first kappa shape index (κ1) is 17.9. The van der Waals surface area contributed by atoms with Gasteiger partial charge in [-0.3, -0.25) is 0 Å². The molecule has 1 aliphatic heterocycles. The predicted molar refractivity (Wildman–Crippen MR) is 96.6 cm³/mol. The van der Waals surface area contributed by atoms with Crippen molar-refractivity contribution in [1.29, 1.82) is 0 Å². The van der Waals surface area contributed by atoms with Crippen molar-refractivity contribution >= 4 is 0 Å². The lowest BCUT2D eigenvalue weighted by molar-refractivity contribution is -0.0182. The maximum absolute atomic E-state index is 5.69. The molecule has 4 unspecified atom stereocenters. The molecule has 1 aliphatic carbocycles. The fourth-order valence-electron chi connectivity index (χ4n) is 4.76. The predicted octanol–water partition coefficient (Wildman–Crippen LogP) is 5.11. The zero-order valence-corrected chi connectivity index (χ0v) is 15.5. The first-order chi connectivity index (χ1) is 10.3. The van der Waals surface area contributed by atoms with Gasteiger partial charge in [0.2, 0.25) is 0 Å². The van der Waals surface area contributed by atoms with Crippen LogP contribution in [0.4, 0.5) is 0 Å². The van der Waals surface area contributed by atoms with Crippen molar-refractivity contribution in [3.8, 4) is 12.3 Å². The fraction of sp³-hybridized carbons (Fsp3) is 0.905. The first-order valence-electron chi connectivity index (χ1n) is 9.44. The number of terminal acetylenes is 1. The number of piperidine rings is 1. The van der Waals surface area contributed by atoms with E-state index in [1.165, 1.54) is 51.6 Å². The Hall–Kier alpha value is -0.480. The van der Waals surface area contributed by atoms with E-state index in [1.807, 2.05) is 0 Å². The van der Waals surface area contributed by atoms with Crippen LogP contribution in [0, 0.1) is 46.8 Å². The van der Waals surface area contributed by atoms with Gasteiger partial charge in [0.15, 0.2) is 0 Å². The minimum atomic E-state index is 0.360. The Bertz CT molecular complexity index is 395. The van der Waals surface area contributed by atoms with E-state index < -0.39 is 0 Å². The molecule has 0 aromatic carbocycles. The maximum Gasteiger partial charge on any atom is 0.0200 e. The van der Waals surface area contributed by atoms with Crippen LogP contribution in [0.25, 0.3) is 0 Å². The molecule has 0 bridgehead atoms. The summed E-state index contributed by atoms with van der Waals surface area (Å²) in [6.45, 7) is 14.7. The van der Waals surface area contributed by atoms with E-state index in [9.17, 15) is 0 Å². The summed E-state index contributed by atoms with van der Waals surface area (Å²) in [5, 5.41) is 3.69. The van der Waals surface area contributed by atoms with Gasteiger partial charge in [-0.15, -0.1) is 12.3 Å². The second kappa shape index (κ2) is 6.96. The number of nitrogens with one attached hydrogen (secondary N) is 1. The third kappa shape index (κ3) is 3.70. The molecular formula is C21H37N. The third-order valence-corrected chi connectivity index (χ3v) is 7.24. The zero-order chi connectivity index (χ0) is 16.4. The average molecular weight is 304 g/mol. The summed E-state index contributed by atoms with van der Waals surface area (Å²) in [6.07, 6.45) is 13.6. The van der Waals surface area contributed by atoms with Crippen LogP contribution in [-0.2, 0) is 0 Å². The van der Waals surface area contributed by atoms with Gasteiger partial charge in [0.25, 0.3) is 0 Å². The monoisotopic (exact) mass is 303 g/mol. The Balaban J connectivity index is 2.15. The number of rotatable bonds is 2. The summed E-state index contributed by atoms with van der Waals surface area (Å²) in [5.41, 5.74) is 0.747. The Morgan fingerprint density at radius 2 is 1.68 bits per heavy atom. The second-order valence-corrected chi connectivity index (χ2v) is 9.37. The minimum Gasteiger partial charge on any atom is -0.316 e. The van der Waals surface area contributed by atoms with E-state index in [2.05, 4.69) is 45.9 Å². The average Bonchev–Trinajstić information content (AvgIpc) is 2.71. The summed E-state index contributed by atoms with van der Waals surface area (Å²) in [5.74, 6) is 6.10. The Morgan fingerprint density at radius 3 is 2.32 bits per heavy atom. The van der Waals surface area contributed by atoms with Gasteiger partial charge in [-0.2, -0.15) is 0 Å². The first-order valence-corrected chi connectivity index (χ1v) is 9.44. The van der Waals surface area contributed by atoms with Crippen LogP contribution in [0.15, 0.2) is 0 Å². The van der Waals surface area contributed by atoms with Crippen LogP contribution >= 0.6 is 0 Å². The molecule has 1 heteroatoms. The highest BCUT2D eigenvalue weighted by atomic mass is 14.9. The molecule has 1 saturated heterocycles. The summed E-state index contributed by atoms with van der Waals surface area (Å²) < 4.78 is 0. The van der Waals surface area contributed by atoms with Crippen molar-refractivity contribution in [2.45, 2.75) is 73.1 Å². The summed E-state index contributed by atoms with van der Waals surface area (Å²) in [4.78, 5) is 0. The maximum atomic E-state index is 5.69. The molecule has 126 valence electrons. The Morgan fingerprint density at radius 1 is 0.955 bits per heavy atom. The van der Waals surface area contributed by atoms with Gasteiger partial charge in [0, 0.05) is 5.92 Å². The van der Waals surface area contributed by atoms with E-state index in [-0.39, 0.29) is 0 Å². The van der Waals surface area contributed by atoms with Crippen molar-refractivity contribution in [1.82, 2.24) is 5.32 Å². The summed E-state index contributed by atoms with van der Waals surface area (Å²) >= 11 is 0. The molecule has 0 radical (unpaired) electrons. The SMILES string of the molecule is C#CC1CCCC(C2CNCCC2C(C)(C)C(C)(C)C)CC1. The van der Waals surface area contributed by atoms with Gasteiger partial charge in [0.1, 0.15) is 0 Å². The molecule has 0 spiro atoms. The molecule has 0 aromatic heterocycles. The van der Waals surface area contributed by atoms with E-state index in [0.29, 0.717) is 16.7 Å². The number of hydrogen-bond donors (Lipinski definition) is 1. The smallest absolute Gasteiger partial charge is 0.0200 e. The highest BCUT2D eigenvalue weighted by Crippen LogP contribution is 2.51. The van der Waals surface area contributed by atoms with Crippen LogP contribution in [0.2, 0.25) is 0 Å². The normalized spacial score (nSPS) is 34.7. The molecule has 22 heavy (non-hydrogen) atoms. The second-order valence-electron chi connectivity index (χ2n) is 9.37. The molecule has 0 amide bonds. The van der Waals surface area contributed by atoms with Crippen LogP contribution < -0.4 is 5.32 Å². The molecule has 2 fully saturated rings. The van der Waals surface area contributed by atoms with Gasteiger partial charge in [-0.25, -0.2) is 0 Å². The molecule has 0 aromatic rings. The summed E-state index contributed by atoms with van der Waals surface area (Å²) in [6, 6.07) is 0. The lowest BCUT2D eigenvalue weighted by Crippen LogP contribution is -2.50. The molecular weight excluding hydrogens is 266 g/mol. The zero-order valence-electron chi connectivity index (χ0n) is 15.5. The van der Waals surface area contributed by atoms with Crippen LogP contribution in [0.3, 0.4) is 0 Å². The molecule has 1 N–H and O–H groups in total. The molecule has 1 nitrogen and oxygen atoms in total. The fourth-order valence-corrected chi connectivity index (χ4v) is 4.76. The van der Waals surface area contributed by atoms with Crippen molar-refractivity contribution in [3.63, 3.8) is 0 Å². The number of hydrogen-bond acceptors (Lipinski definition) is 1. The van der Waals surface area contributed by atoms with Crippen molar-refractivity contribution in [3.05, 3.63) is 0 Å². The van der Waals surface area contributed by atoms with Gasteiger partial charge >= 0.3 is 0 Å². The van der Waals surface area contributed by atoms with Gasteiger partial charge in [-0.05, 0) is 67.4 Å². The quantitative estimate of drug-likeness (QED) is 0.552. The lowest BCUT2D eigenvalue weighted by Gasteiger charge is -2.52. The van der Waals surface area contributed by atoms with Crippen LogP contribution in [0.5, 0.6) is 0 Å². The lowest BCUT2D eigenvalue weighted by atomic mass is 9.55. The van der Waals surface area contributed by atoms with E-state index in [0.717, 1.165) is 17.8 Å². The molecule has 2 aliphatic rings. The van der Waals surface area contributed by atoms with E-state index in [4.69, 9.17) is 6.42 Å². The Kier molecular flexibility index (Phi) is 5.65. The highest BCUT2D eigenvalue weighted by Gasteiger charge is 2.46. The summed E-state index contributed by atoms with van der Waals surface area (Å²) in [7, 11) is 0. The topological polar surface area (TPSA) is 12.0 Å². The van der Waals surface area contributed by atoms with Gasteiger partial charge in [-0.1, -0.05) is 47.5 Å². The largest absolute Gasteiger partial charge is 0.316 e. The molecule has 1 heterocycles. The minimum absolute atomic E-state index is 0.360. The molecule has 4 atom stereocenters. The van der Waals surface area contributed by atoms with Gasteiger partial charge < -0.3 is 5.32 Å². The van der Waals surface area contributed by atoms with Crippen molar-refractivity contribution < 1.29 is 0 Å². The standard InChI is InChI=1S/C21H37N/c1-7-16-9-8-10-17(12-11-16)18-15-22-14-13-19(18)21(5,6)20(2,3)4/h1,16-19,22H,8-15H2,2-6H3. The third-order valence-electron chi connectivity index (χ3n) is 7.24. The molecule has 2 rings (SSSR count). The van der Waals surface area contributed by atoms with Crippen LogP contribution in [-0.4, -0.2) is 13.1 Å². The van der Waals surface area contributed by atoms with Gasteiger partial charge in [0.05, 0.1) is 0 Å². The highest BCUT2D eigenvalue weighted by molar-refractivity contribution is 4.99. The molecule has 1 saturated carbocycles. The van der Waals surface area contributed by atoms with Crippen LogP contribution in [0.1, 0.15) is 73.1 Å². The van der Waals surface area contributed by atoms with E-state index >= 15 is 0 Å². The Labute approximate surface area is 139 Å². The van der Waals surface area contributed by atoms with Crippen molar-refractivity contribution in [2.24, 2.45) is 34.5 Å². The van der Waals surface area contributed by atoms with E-state index in [1.54, 1.807) is 0 Å².